The molecule has 0 amide bonds. The molecular weight excluding hydrogens is 420 g/mol. The summed E-state index contributed by atoms with van der Waals surface area (Å²) < 4.78 is 13.3. The Morgan fingerprint density at radius 3 is 2.59 bits per heavy atom. The molecule has 1 saturated heterocycles. The molecule has 0 radical (unpaired) electrons. The Morgan fingerprint density at radius 2 is 1.91 bits per heavy atom. The predicted octanol–water partition coefficient (Wildman–Crippen LogP) is 4.96. The molecule has 0 bridgehead atoms. The number of aryl methyl sites for hydroxylation is 1. The minimum absolute atomic E-state index is 0.0710. The number of benzene rings is 1. The van der Waals surface area contributed by atoms with E-state index in [0.29, 0.717) is 11.7 Å². The van der Waals surface area contributed by atoms with Crippen molar-refractivity contribution < 1.29 is 9.15 Å². The molecule has 1 aliphatic rings. The molecule has 7 heteroatoms. The maximum absolute atomic E-state index is 5.79. The van der Waals surface area contributed by atoms with E-state index in [1.165, 1.54) is 0 Å². The zero-order valence-corrected chi connectivity index (χ0v) is 18.8. The van der Waals surface area contributed by atoms with Gasteiger partial charge >= 0.3 is 0 Å². The van der Waals surface area contributed by atoms with E-state index in [-0.39, 0.29) is 12.1 Å². The molecule has 32 heavy (non-hydrogen) atoms. The molecule has 0 aliphatic carbocycles. The van der Waals surface area contributed by atoms with E-state index < -0.39 is 0 Å². The molecule has 5 rings (SSSR count). The highest BCUT2D eigenvalue weighted by molar-refractivity contribution is 7.80. The van der Waals surface area contributed by atoms with Gasteiger partial charge in [0.25, 0.3) is 0 Å². The molecule has 3 aromatic heterocycles. The van der Waals surface area contributed by atoms with Crippen molar-refractivity contribution in [3.8, 4) is 11.4 Å². The van der Waals surface area contributed by atoms with E-state index >= 15 is 0 Å². The first kappa shape index (κ1) is 20.3. The van der Waals surface area contributed by atoms with E-state index in [0.717, 1.165) is 34.3 Å². The first-order valence-electron chi connectivity index (χ1n) is 10.5. The van der Waals surface area contributed by atoms with Crippen molar-refractivity contribution in [1.29, 1.82) is 0 Å². The fourth-order valence-corrected chi connectivity index (χ4v) is 4.65. The molecule has 4 aromatic rings. The van der Waals surface area contributed by atoms with Crippen molar-refractivity contribution in [2.75, 3.05) is 7.11 Å². The molecular formula is C25H24N4O2S. The number of methoxy groups -OCH3 is 1. The van der Waals surface area contributed by atoms with Gasteiger partial charge in [-0.2, -0.15) is 0 Å². The normalized spacial score (nSPS) is 18.1. The molecule has 0 spiro atoms. The highest BCUT2D eigenvalue weighted by Crippen LogP contribution is 2.41. The molecule has 1 N–H and O–H groups in total. The third-order valence-electron chi connectivity index (χ3n) is 5.84. The predicted molar refractivity (Wildman–Crippen MR) is 127 cm³/mol. The van der Waals surface area contributed by atoms with Gasteiger partial charge in [0.2, 0.25) is 0 Å². The van der Waals surface area contributed by atoms with Crippen LogP contribution in [0, 0.1) is 6.92 Å². The van der Waals surface area contributed by atoms with Gasteiger partial charge in [-0.3, -0.25) is 4.98 Å². The topological polar surface area (TPSA) is 55.5 Å². The Bertz CT molecular complexity index is 1200. The summed E-state index contributed by atoms with van der Waals surface area (Å²) in [6, 6.07) is 22.1. The molecule has 4 heterocycles. The van der Waals surface area contributed by atoms with Gasteiger partial charge in [-0.15, -0.1) is 0 Å². The van der Waals surface area contributed by atoms with Crippen LogP contribution in [0.15, 0.2) is 83.6 Å². The first-order valence-corrected chi connectivity index (χ1v) is 10.9. The average molecular weight is 445 g/mol. The van der Waals surface area contributed by atoms with Gasteiger partial charge < -0.3 is 23.9 Å². The number of aromatic nitrogens is 2. The lowest BCUT2D eigenvalue weighted by atomic mass is 10.0. The average Bonchev–Trinajstić information content (AvgIpc) is 3.55. The Labute approximate surface area is 192 Å². The molecule has 2 atom stereocenters. The summed E-state index contributed by atoms with van der Waals surface area (Å²) in [4.78, 5) is 6.82. The standard InChI is InChI=1S/C25H24N4O2S/c1-17-8-13-22(29(17)18-9-11-19(30-2)12-10-18)24-23(21-7-3-4-14-26-21)27-25(32)28(24)16-20-6-5-15-31-20/h3-15,23-24H,16H2,1-2H3,(H,27,32). The zero-order chi connectivity index (χ0) is 22.1. The number of nitrogens with one attached hydrogen (secondary N) is 1. The van der Waals surface area contributed by atoms with Crippen LogP contribution in [-0.4, -0.2) is 26.7 Å². The van der Waals surface area contributed by atoms with Crippen molar-refractivity contribution in [2.45, 2.75) is 25.6 Å². The molecule has 0 saturated carbocycles. The number of pyridine rings is 1. The van der Waals surface area contributed by atoms with Crippen LogP contribution in [0.4, 0.5) is 0 Å². The monoisotopic (exact) mass is 444 g/mol. The number of furan rings is 1. The fraction of sp³-hybridized carbons (Fsp3) is 0.200. The number of ether oxygens (including phenoxy) is 1. The number of nitrogens with zero attached hydrogens (tertiary/aromatic N) is 3. The molecule has 2 unspecified atom stereocenters. The van der Waals surface area contributed by atoms with Crippen LogP contribution >= 0.6 is 12.2 Å². The summed E-state index contributed by atoms with van der Waals surface area (Å²) in [5, 5.41) is 4.19. The largest absolute Gasteiger partial charge is 0.497 e. The van der Waals surface area contributed by atoms with Crippen LogP contribution in [0.3, 0.4) is 0 Å². The van der Waals surface area contributed by atoms with Crippen molar-refractivity contribution in [2.24, 2.45) is 0 Å². The van der Waals surface area contributed by atoms with E-state index in [9.17, 15) is 0 Å². The van der Waals surface area contributed by atoms with Crippen LogP contribution in [0.25, 0.3) is 5.69 Å². The van der Waals surface area contributed by atoms with Crippen molar-refractivity contribution in [3.05, 3.63) is 102 Å². The summed E-state index contributed by atoms with van der Waals surface area (Å²) in [5.41, 5.74) is 4.28. The number of rotatable bonds is 6. The quantitative estimate of drug-likeness (QED) is 0.425. The van der Waals surface area contributed by atoms with Gasteiger partial charge in [0.15, 0.2) is 5.11 Å². The van der Waals surface area contributed by atoms with Crippen molar-refractivity contribution in [3.63, 3.8) is 0 Å². The van der Waals surface area contributed by atoms with Crippen molar-refractivity contribution in [1.82, 2.24) is 19.8 Å². The summed E-state index contributed by atoms with van der Waals surface area (Å²) in [7, 11) is 1.68. The van der Waals surface area contributed by atoms with Gasteiger partial charge in [-0.1, -0.05) is 6.07 Å². The molecule has 1 aliphatic heterocycles. The van der Waals surface area contributed by atoms with Gasteiger partial charge in [-0.25, -0.2) is 0 Å². The second-order valence-electron chi connectivity index (χ2n) is 7.77. The maximum atomic E-state index is 5.79. The third-order valence-corrected chi connectivity index (χ3v) is 6.20. The second-order valence-corrected chi connectivity index (χ2v) is 8.15. The van der Waals surface area contributed by atoms with E-state index in [2.05, 4.69) is 51.0 Å². The maximum Gasteiger partial charge on any atom is 0.170 e. The smallest absolute Gasteiger partial charge is 0.170 e. The molecule has 6 nitrogen and oxygen atoms in total. The van der Waals surface area contributed by atoms with Gasteiger partial charge in [-0.05, 0) is 79.8 Å². The summed E-state index contributed by atoms with van der Waals surface area (Å²) in [5.74, 6) is 1.69. The molecule has 162 valence electrons. The number of hydrogen-bond donors (Lipinski definition) is 1. The highest BCUT2D eigenvalue weighted by Gasteiger charge is 2.41. The first-order chi connectivity index (χ1) is 15.7. The summed E-state index contributed by atoms with van der Waals surface area (Å²) >= 11 is 5.79. The van der Waals surface area contributed by atoms with Crippen LogP contribution in [0.2, 0.25) is 0 Å². The van der Waals surface area contributed by atoms with Gasteiger partial charge in [0.1, 0.15) is 11.5 Å². The van der Waals surface area contributed by atoms with Gasteiger partial charge in [0.05, 0.1) is 37.7 Å². The van der Waals surface area contributed by atoms with Crippen molar-refractivity contribution >= 4 is 17.3 Å². The van der Waals surface area contributed by atoms with E-state index in [1.807, 2.05) is 48.7 Å². The minimum Gasteiger partial charge on any atom is -0.497 e. The van der Waals surface area contributed by atoms with Crippen LogP contribution in [-0.2, 0) is 6.54 Å². The SMILES string of the molecule is COc1ccc(-n2c(C)ccc2C2C(c3ccccn3)NC(=S)N2Cc2ccco2)cc1. The molecule has 1 fully saturated rings. The lowest BCUT2D eigenvalue weighted by Gasteiger charge is -2.28. The Morgan fingerprint density at radius 1 is 1.06 bits per heavy atom. The fourth-order valence-electron chi connectivity index (χ4n) is 4.34. The lowest BCUT2D eigenvalue weighted by Crippen LogP contribution is -2.30. The van der Waals surface area contributed by atoms with Crippen LogP contribution in [0.5, 0.6) is 5.75 Å². The van der Waals surface area contributed by atoms with Gasteiger partial charge in [0, 0.05) is 23.3 Å². The second kappa shape index (κ2) is 8.51. The Balaban J connectivity index is 1.62. The Hall–Kier alpha value is -3.58. The van der Waals surface area contributed by atoms with E-state index in [1.54, 1.807) is 13.4 Å². The van der Waals surface area contributed by atoms with Crippen LogP contribution in [0.1, 0.15) is 34.9 Å². The zero-order valence-electron chi connectivity index (χ0n) is 17.9. The number of thiocarbonyl (C=S) groups is 1. The van der Waals surface area contributed by atoms with E-state index in [4.69, 9.17) is 21.4 Å². The highest BCUT2D eigenvalue weighted by atomic mass is 32.1. The summed E-state index contributed by atoms with van der Waals surface area (Å²) in [6.07, 6.45) is 3.51. The number of hydrogen-bond acceptors (Lipinski definition) is 4. The Kier molecular flexibility index (Phi) is 5.41. The van der Waals surface area contributed by atoms with Crippen LogP contribution < -0.4 is 10.1 Å². The molecule has 1 aromatic carbocycles. The lowest BCUT2D eigenvalue weighted by molar-refractivity contribution is 0.280. The third kappa shape index (κ3) is 3.65. The minimum atomic E-state index is -0.0926. The summed E-state index contributed by atoms with van der Waals surface area (Å²) in [6.45, 7) is 2.68.